The second kappa shape index (κ2) is 9.65. The van der Waals surface area contributed by atoms with Gasteiger partial charge < -0.3 is 9.13 Å². The van der Waals surface area contributed by atoms with E-state index in [1.807, 2.05) is 18.3 Å². The molecule has 0 spiro atoms. The number of benzene rings is 7. The standard InChI is InChI=1S/C43H27N3/c1-2-10-30-26-33(20-18-28(30)9-1)45-38-14-5-3-11-35(38)42-40(45)22-23-41-43(42)36-12-4-6-15-39(36)46(41)34-21-19-29-16-17-31(25-32(29)27-34)37-13-7-8-24-44-37/h1-27H. The van der Waals surface area contributed by atoms with Crippen LogP contribution in [0.2, 0.25) is 0 Å². The second-order valence-corrected chi connectivity index (χ2v) is 12.1. The Hall–Kier alpha value is -6.19. The molecule has 7 aromatic carbocycles. The van der Waals surface area contributed by atoms with Crippen LogP contribution in [0.4, 0.5) is 0 Å². The van der Waals surface area contributed by atoms with Gasteiger partial charge in [0.1, 0.15) is 0 Å². The summed E-state index contributed by atoms with van der Waals surface area (Å²) in [6, 6.07) is 57.1. The average Bonchev–Trinajstić information content (AvgIpc) is 3.64. The summed E-state index contributed by atoms with van der Waals surface area (Å²) in [4.78, 5) is 4.60. The molecule has 3 heteroatoms. The van der Waals surface area contributed by atoms with Crippen molar-refractivity contribution in [2.45, 2.75) is 0 Å². The van der Waals surface area contributed by atoms with Gasteiger partial charge in [-0.1, -0.05) is 91.0 Å². The molecule has 10 aromatic rings. The maximum Gasteiger partial charge on any atom is 0.0702 e. The number of rotatable bonds is 3. The number of para-hydroxylation sites is 2. The highest BCUT2D eigenvalue weighted by atomic mass is 15.0. The fourth-order valence-electron chi connectivity index (χ4n) is 7.46. The van der Waals surface area contributed by atoms with Crippen LogP contribution in [0.1, 0.15) is 0 Å². The fraction of sp³-hybridized carbons (Fsp3) is 0. The van der Waals surface area contributed by atoms with Crippen LogP contribution in [-0.4, -0.2) is 14.1 Å². The molecule has 214 valence electrons. The zero-order chi connectivity index (χ0) is 30.2. The van der Waals surface area contributed by atoms with Crippen molar-refractivity contribution < 1.29 is 0 Å². The van der Waals surface area contributed by atoms with Crippen molar-refractivity contribution in [1.82, 2.24) is 14.1 Å². The Kier molecular flexibility index (Phi) is 5.28. The smallest absolute Gasteiger partial charge is 0.0702 e. The van der Waals surface area contributed by atoms with Crippen LogP contribution in [-0.2, 0) is 0 Å². The Balaban J connectivity index is 1.27. The molecule has 10 rings (SSSR count). The molecule has 46 heavy (non-hydrogen) atoms. The molecule has 3 nitrogen and oxygen atoms in total. The largest absolute Gasteiger partial charge is 0.309 e. The molecule has 0 aliphatic carbocycles. The topological polar surface area (TPSA) is 22.8 Å². The summed E-state index contributed by atoms with van der Waals surface area (Å²) in [7, 11) is 0. The third-order valence-corrected chi connectivity index (χ3v) is 9.51. The molecule has 0 unspecified atom stereocenters. The maximum atomic E-state index is 4.60. The van der Waals surface area contributed by atoms with Crippen molar-refractivity contribution >= 4 is 65.2 Å². The van der Waals surface area contributed by atoms with Crippen LogP contribution < -0.4 is 0 Å². The van der Waals surface area contributed by atoms with Crippen LogP contribution in [0.5, 0.6) is 0 Å². The summed E-state index contributed by atoms with van der Waals surface area (Å²) in [5.74, 6) is 0. The maximum absolute atomic E-state index is 4.60. The molecule has 0 fully saturated rings. The molecule has 0 saturated carbocycles. The lowest BCUT2D eigenvalue weighted by atomic mass is 10.0. The van der Waals surface area contributed by atoms with Gasteiger partial charge in [-0.25, -0.2) is 0 Å². The van der Waals surface area contributed by atoms with Gasteiger partial charge in [-0.05, 0) is 88.3 Å². The third-order valence-electron chi connectivity index (χ3n) is 9.51. The fourth-order valence-corrected chi connectivity index (χ4v) is 7.46. The molecule has 3 heterocycles. The minimum atomic E-state index is 0.983. The number of hydrogen-bond acceptors (Lipinski definition) is 1. The van der Waals surface area contributed by atoms with Crippen LogP contribution in [0.15, 0.2) is 164 Å². The van der Waals surface area contributed by atoms with E-state index in [-0.39, 0.29) is 0 Å². The highest BCUT2D eigenvalue weighted by Crippen LogP contribution is 2.42. The van der Waals surface area contributed by atoms with Gasteiger partial charge in [0.15, 0.2) is 0 Å². The molecule has 0 aliphatic rings. The highest BCUT2D eigenvalue weighted by Gasteiger charge is 2.20. The summed E-state index contributed by atoms with van der Waals surface area (Å²) in [6.45, 7) is 0. The zero-order valence-electron chi connectivity index (χ0n) is 24.9. The average molecular weight is 586 g/mol. The lowest BCUT2D eigenvalue weighted by molar-refractivity contribution is 1.18. The Bertz CT molecular complexity index is 2800. The molecule has 0 N–H and O–H groups in total. The molecule has 0 aliphatic heterocycles. The van der Waals surface area contributed by atoms with Crippen molar-refractivity contribution in [3.63, 3.8) is 0 Å². The van der Waals surface area contributed by atoms with E-state index in [2.05, 4.69) is 160 Å². The summed E-state index contributed by atoms with van der Waals surface area (Å²) in [5.41, 5.74) is 9.26. The van der Waals surface area contributed by atoms with Gasteiger partial charge in [0.2, 0.25) is 0 Å². The second-order valence-electron chi connectivity index (χ2n) is 12.1. The highest BCUT2D eigenvalue weighted by molar-refractivity contribution is 6.29. The Morgan fingerprint density at radius 3 is 1.57 bits per heavy atom. The lowest BCUT2D eigenvalue weighted by Gasteiger charge is -2.11. The first-order valence-corrected chi connectivity index (χ1v) is 15.7. The Morgan fingerprint density at radius 1 is 0.370 bits per heavy atom. The van der Waals surface area contributed by atoms with Crippen molar-refractivity contribution in [2.24, 2.45) is 0 Å². The van der Waals surface area contributed by atoms with Gasteiger partial charge >= 0.3 is 0 Å². The predicted molar refractivity (Wildman–Crippen MR) is 193 cm³/mol. The van der Waals surface area contributed by atoms with Crippen LogP contribution in [0.25, 0.3) is 87.8 Å². The predicted octanol–water partition coefficient (Wildman–Crippen LogP) is 11.2. The zero-order valence-corrected chi connectivity index (χ0v) is 24.9. The minimum Gasteiger partial charge on any atom is -0.309 e. The summed E-state index contributed by atoms with van der Waals surface area (Å²) >= 11 is 0. The molecule has 0 radical (unpaired) electrons. The van der Waals surface area contributed by atoms with E-state index in [0.717, 1.165) is 16.9 Å². The van der Waals surface area contributed by atoms with Gasteiger partial charge in [-0.2, -0.15) is 0 Å². The van der Waals surface area contributed by atoms with Crippen LogP contribution >= 0.6 is 0 Å². The van der Waals surface area contributed by atoms with E-state index in [1.165, 1.54) is 70.8 Å². The molecule has 0 saturated heterocycles. The molecule has 3 aromatic heterocycles. The van der Waals surface area contributed by atoms with Crippen LogP contribution in [0, 0.1) is 0 Å². The minimum absolute atomic E-state index is 0.983. The quantitative estimate of drug-likeness (QED) is 0.202. The molecule has 0 amide bonds. The molecule has 0 bridgehead atoms. The van der Waals surface area contributed by atoms with Crippen molar-refractivity contribution in [3.8, 4) is 22.6 Å². The molecular formula is C43H27N3. The SMILES string of the molecule is c1ccc(-c2ccc3ccc(-n4c5ccccc5c5c6c7ccccc7n(-c7ccc8ccccc8c7)c6ccc54)cc3c2)nc1. The number of fused-ring (bicyclic) bond motifs is 9. The Labute approximate surface area is 265 Å². The summed E-state index contributed by atoms with van der Waals surface area (Å²) in [5, 5.41) is 9.99. The van der Waals surface area contributed by atoms with Crippen molar-refractivity contribution in [1.29, 1.82) is 0 Å². The van der Waals surface area contributed by atoms with Gasteiger partial charge in [0.25, 0.3) is 0 Å². The van der Waals surface area contributed by atoms with Gasteiger partial charge in [-0.15, -0.1) is 0 Å². The van der Waals surface area contributed by atoms with Gasteiger partial charge in [-0.3, -0.25) is 4.98 Å². The van der Waals surface area contributed by atoms with Crippen LogP contribution in [0.3, 0.4) is 0 Å². The van der Waals surface area contributed by atoms with E-state index in [0.29, 0.717) is 0 Å². The monoisotopic (exact) mass is 585 g/mol. The van der Waals surface area contributed by atoms with Gasteiger partial charge in [0, 0.05) is 44.7 Å². The first kappa shape index (κ1) is 25.2. The normalized spacial score (nSPS) is 11.9. The van der Waals surface area contributed by atoms with E-state index in [9.17, 15) is 0 Å². The summed E-state index contributed by atoms with van der Waals surface area (Å²) in [6.07, 6.45) is 1.85. The third kappa shape index (κ3) is 3.63. The number of aromatic nitrogens is 3. The van der Waals surface area contributed by atoms with Crippen molar-refractivity contribution in [3.05, 3.63) is 164 Å². The lowest BCUT2D eigenvalue weighted by Crippen LogP contribution is -1.95. The van der Waals surface area contributed by atoms with Crippen molar-refractivity contribution in [2.75, 3.05) is 0 Å². The van der Waals surface area contributed by atoms with E-state index >= 15 is 0 Å². The van der Waals surface area contributed by atoms with E-state index in [1.54, 1.807) is 0 Å². The molecule has 0 atom stereocenters. The van der Waals surface area contributed by atoms with E-state index < -0.39 is 0 Å². The number of pyridine rings is 1. The van der Waals surface area contributed by atoms with Gasteiger partial charge in [0.05, 0.1) is 27.8 Å². The number of hydrogen-bond donors (Lipinski definition) is 0. The summed E-state index contributed by atoms with van der Waals surface area (Å²) < 4.78 is 4.86. The first-order valence-electron chi connectivity index (χ1n) is 15.7. The number of nitrogens with zero attached hydrogens (tertiary/aromatic N) is 3. The Morgan fingerprint density at radius 2 is 0.913 bits per heavy atom. The first-order chi connectivity index (χ1) is 22.8. The van der Waals surface area contributed by atoms with E-state index in [4.69, 9.17) is 0 Å². The molecular weight excluding hydrogens is 558 g/mol.